The van der Waals surface area contributed by atoms with Crippen molar-refractivity contribution in [2.75, 3.05) is 11.9 Å². The summed E-state index contributed by atoms with van der Waals surface area (Å²) >= 11 is 0. The molecule has 27 heavy (non-hydrogen) atoms. The normalized spacial score (nSPS) is 29.0. The fourth-order valence-electron chi connectivity index (χ4n) is 6.27. The summed E-state index contributed by atoms with van der Waals surface area (Å²) in [5.74, 6) is 1.13. The van der Waals surface area contributed by atoms with Gasteiger partial charge in [0.05, 0.1) is 5.69 Å². The Morgan fingerprint density at radius 2 is 1.85 bits per heavy atom. The summed E-state index contributed by atoms with van der Waals surface area (Å²) in [4.78, 5) is 0. The average molecular weight is 363 g/mol. The molecular weight excluding hydrogens is 332 g/mol. The third-order valence-electron chi connectivity index (χ3n) is 7.26. The van der Waals surface area contributed by atoms with Gasteiger partial charge in [-0.1, -0.05) is 18.9 Å². The van der Waals surface area contributed by atoms with E-state index in [9.17, 15) is 5.11 Å². The number of phenolic OH excluding ortho intramolecular Hbond substituents is 1. The topological polar surface area (TPSA) is 44.3 Å². The number of anilines is 2. The van der Waals surface area contributed by atoms with E-state index in [-0.39, 0.29) is 5.41 Å². The molecule has 2 fully saturated rings. The number of aryl methyl sites for hydroxylation is 2. The standard InChI is InChI=1S/C24H30N2O/c1-15-9-16(2)11-18(10-15)26-22-13-17-12-21-19-5-3-4-6-24(19,7-8-25-21)20(17)14-23(22)27/h9-11,13-14,19,21,25-27H,3-8,12H2,1-2H3/t19-,21+,24+/m0/s1. The molecule has 0 amide bonds. The molecule has 5 rings (SSSR count). The second kappa shape index (κ2) is 6.27. The van der Waals surface area contributed by atoms with E-state index in [0.29, 0.717) is 11.8 Å². The second-order valence-corrected chi connectivity index (χ2v) is 9.05. The smallest absolute Gasteiger partial charge is 0.139 e. The van der Waals surface area contributed by atoms with Crippen molar-refractivity contribution < 1.29 is 5.11 Å². The summed E-state index contributed by atoms with van der Waals surface area (Å²) in [6.45, 7) is 5.34. The highest BCUT2D eigenvalue weighted by molar-refractivity contribution is 5.69. The van der Waals surface area contributed by atoms with E-state index in [0.717, 1.165) is 30.3 Å². The van der Waals surface area contributed by atoms with E-state index in [4.69, 9.17) is 0 Å². The number of hydrogen-bond acceptors (Lipinski definition) is 3. The predicted molar refractivity (Wildman–Crippen MR) is 111 cm³/mol. The molecule has 3 heteroatoms. The Balaban J connectivity index is 1.56. The highest BCUT2D eigenvalue weighted by Crippen LogP contribution is 2.55. The molecule has 1 saturated carbocycles. The van der Waals surface area contributed by atoms with Crippen molar-refractivity contribution in [2.24, 2.45) is 5.92 Å². The van der Waals surface area contributed by atoms with Crippen LogP contribution in [-0.4, -0.2) is 17.7 Å². The van der Waals surface area contributed by atoms with Crippen molar-refractivity contribution in [2.45, 2.75) is 63.8 Å². The molecule has 3 atom stereocenters. The van der Waals surface area contributed by atoms with Gasteiger partial charge in [0.15, 0.2) is 0 Å². The number of rotatable bonds is 2. The second-order valence-electron chi connectivity index (χ2n) is 9.05. The molecule has 0 unspecified atom stereocenters. The van der Waals surface area contributed by atoms with Gasteiger partial charge in [-0.05, 0) is 98.5 Å². The maximum Gasteiger partial charge on any atom is 0.139 e. The maximum absolute atomic E-state index is 10.9. The van der Waals surface area contributed by atoms with Crippen molar-refractivity contribution in [1.82, 2.24) is 5.32 Å². The molecule has 3 aliphatic rings. The zero-order chi connectivity index (χ0) is 18.6. The van der Waals surface area contributed by atoms with Gasteiger partial charge in [-0.3, -0.25) is 0 Å². The van der Waals surface area contributed by atoms with Gasteiger partial charge in [0.1, 0.15) is 5.75 Å². The lowest BCUT2D eigenvalue weighted by molar-refractivity contribution is 0.0796. The average Bonchev–Trinajstić information content (AvgIpc) is 2.62. The minimum absolute atomic E-state index is 0.289. The Hall–Kier alpha value is -2.00. The highest BCUT2D eigenvalue weighted by atomic mass is 16.3. The number of hydrogen-bond donors (Lipinski definition) is 3. The van der Waals surface area contributed by atoms with Gasteiger partial charge in [-0.2, -0.15) is 0 Å². The van der Waals surface area contributed by atoms with Crippen LogP contribution in [0.15, 0.2) is 30.3 Å². The predicted octanol–water partition coefficient (Wildman–Crippen LogP) is 5.10. The summed E-state index contributed by atoms with van der Waals surface area (Å²) in [5, 5.41) is 18.1. The number of phenols is 1. The zero-order valence-corrected chi connectivity index (χ0v) is 16.4. The third-order valence-corrected chi connectivity index (χ3v) is 7.26. The number of fused-ring (bicyclic) bond motifs is 1. The Kier molecular flexibility index (Phi) is 3.98. The van der Waals surface area contributed by atoms with E-state index in [2.05, 4.69) is 54.8 Å². The summed E-state index contributed by atoms with van der Waals surface area (Å²) in [5.41, 5.74) is 7.50. The molecule has 0 aromatic heterocycles. The molecule has 1 aliphatic heterocycles. The first-order valence-electron chi connectivity index (χ1n) is 10.5. The van der Waals surface area contributed by atoms with Crippen LogP contribution in [0.1, 0.15) is 54.4 Å². The Morgan fingerprint density at radius 3 is 2.67 bits per heavy atom. The van der Waals surface area contributed by atoms with Gasteiger partial charge in [0.25, 0.3) is 0 Å². The van der Waals surface area contributed by atoms with E-state index in [1.54, 1.807) is 0 Å². The number of piperidine rings is 1. The molecule has 1 saturated heterocycles. The molecule has 1 heterocycles. The van der Waals surface area contributed by atoms with Crippen LogP contribution in [-0.2, 0) is 11.8 Å². The molecule has 3 nitrogen and oxygen atoms in total. The summed E-state index contributed by atoms with van der Waals surface area (Å²) in [6, 6.07) is 11.4. The summed E-state index contributed by atoms with van der Waals surface area (Å²) in [6.07, 6.45) is 7.60. The van der Waals surface area contributed by atoms with Gasteiger partial charge < -0.3 is 15.7 Å². The maximum atomic E-state index is 10.9. The first-order valence-corrected chi connectivity index (χ1v) is 10.5. The molecule has 0 spiro atoms. The highest BCUT2D eigenvalue weighted by Gasteiger charge is 2.51. The van der Waals surface area contributed by atoms with Crippen LogP contribution >= 0.6 is 0 Å². The van der Waals surface area contributed by atoms with Crippen LogP contribution in [0.2, 0.25) is 0 Å². The molecule has 0 radical (unpaired) electrons. The van der Waals surface area contributed by atoms with Crippen molar-refractivity contribution in [1.29, 1.82) is 0 Å². The summed E-state index contributed by atoms with van der Waals surface area (Å²) < 4.78 is 0. The zero-order valence-electron chi connectivity index (χ0n) is 16.4. The lowest BCUT2D eigenvalue weighted by atomic mass is 9.53. The lowest BCUT2D eigenvalue weighted by Crippen LogP contribution is -2.59. The van der Waals surface area contributed by atoms with E-state index in [1.807, 2.05) is 0 Å². The summed E-state index contributed by atoms with van der Waals surface area (Å²) in [7, 11) is 0. The quantitative estimate of drug-likeness (QED) is 0.651. The van der Waals surface area contributed by atoms with Crippen molar-refractivity contribution in [3.8, 4) is 5.75 Å². The first-order chi connectivity index (χ1) is 13.0. The van der Waals surface area contributed by atoms with Crippen LogP contribution in [0.3, 0.4) is 0 Å². The molecule has 2 aromatic rings. The van der Waals surface area contributed by atoms with Gasteiger partial charge in [-0.25, -0.2) is 0 Å². The lowest BCUT2D eigenvalue weighted by Gasteiger charge is -2.56. The van der Waals surface area contributed by atoms with E-state index >= 15 is 0 Å². The monoisotopic (exact) mass is 362 g/mol. The van der Waals surface area contributed by atoms with E-state index in [1.165, 1.54) is 54.4 Å². The van der Waals surface area contributed by atoms with Crippen LogP contribution in [0.25, 0.3) is 0 Å². The van der Waals surface area contributed by atoms with Gasteiger partial charge >= 0.3 is 0 Å². The van der Waals surface area contributed by atoms with Crippen molar-refractivity contribution in [3.63, 3.8) is 0 Å². The molecule has 2 aliphatic carbocycles. The Bertz CT molecular complexity index is 866. The van der Waals surface area contributed by atoms with Crippen LogP contribution < -0.4 is 10.6 Å². The minimum Gasteiger partial charge on any atom is -0.506 e. The van der Waals surface area contributed by atoms with Crippen LogP contribution in [0, 0.1) is 19.8 Å². The molecule has 3 N–H and O–H groups in total. The number of benzene rings is 2. The third kappa shape index (κ3) is 2.75. The SMILES string of the molecule is Cc1cc(C)cc(Nc2cc3c(cc2O)[C@@]24CCCC[C@H]2[C@@H](C3)NCC4)c1. The number of aromatic hydroxyl groups is 1. The fraction of sp³-hybridized carbons (Fsp3) is 0.500. The Labute approximate surface area is 162 Å². The van der Waals surface area contributed by atoms with Gasteiger partial charge in [0.2, 0.25) is 0 Å². The largest absolute Gasteiger partial charge is 0.506 e. The van der Waals surface area contributed by atoms with Gasteiger partial charge in [-0.15, -0.1) is 0 Å². The Morgan fingerprint density at radius 1 is 1.04 bits per heavy atom. The molecular formula is C24H30N2O. The van der Waals surface area contributed by atoms with E-state index < -0.39 is 0 Å². The fourth-order valence-corrected chi connectivity index (χ4v) is 6.27. The molecule has 2 bridgehead atoms. The van der Waals surface area contributed by atoms with Crippen LogP contribution in [0.5, 0.6) is 5.75 Å². The van der Waals surface area contributed by atoms with Gasteiger partial charge in [0, 0.05) is 17.1 Å². The van der Waals surface area contributed by atoms with Crippen LogP contribution in [0.4, 0.5) is 11.4 Å². The van der Waals surface area contributed by atoms with Crippen molar-refractivity contribution >= 4 is 11.4 Å². The molecule has 2 aromatic carbocycles. The van der Waals surface area contributed by atoms with Crippen molar-refractivity contribution in [3.05, 3.63) is 52.6 Å². The number of nitrogens with one attached hydrogen (secondary N) is 2. The first kappa shape index (κ1) is 17.1. The molecule has 142 valence electrons. The minimum atomic E-state index is 0.289.